The van der Waals surface area contributed by atoms with E-state index >= 15 is 0 Å². The highest BCUT2D eigenvalue weighted by Gasteiger charge is 2.21. The van der Waals surface area contributed by atoms with Gasteiger partial charge in [0.1, 0.15) is 0 Å². The first-order chi connectivity index (χ1) is 14.4. The molecule has 1 amide bonds. The van der Waals surface area contributed by atoms with Crippen molar-refractivity contribution < 1.29 is 4.79 Å². The van der Waals surface area contributed by atoms with Gasteiger partial charge < -0.3 is 5.32 Å². The molecule has 0 fully saturated rings. The van der Waals surface area contributed by atoms with E-state index in [2.05, 4.69) is 35.9 Å². The van der Waals surface area contributed by atoms with Crippen molar-refractivity contribution in [3.8, 4) is 11.4 Å². The summed E-state index contributed by atoms with van der Waals surface area (Å²) < 4.78 is 1.95. The maximum atomic E-state index is 12.9. The molecule has 156 valence electrons. The van der Waals surface area contributed by atoms with E-state index in [1.54, 1.807) is 6.08 Å². The van der Waals surface area contributed by atoms with Crippen LogP contribution >= 0.6 is 23.4 Å². The van der Waals surface area contributed by atoms with Crippen molar-refractivity contribution in [2.45, 2.75) is 43.6 Å². The maximum Gasteiger partial charge on any atom is 0.237 e. The average Bonchev–Trinajstić information content (AvgIpc) is 3.11. The maximum absolute atomic E-state index is 12.9. The van der Waals surface area contributed by atoms with Crippen molar-refractivity contribution in [1.82, 2.24) is 14.8 Å². The predicted octanol–water partition coefficient (Wildman–Crippen LogP) is 6.03. The zero-order valence-electron chi connectivity index (χ0n) is 17.3. The van der Waals surface area contributed by atoms with Gasteiger partial charge in [0.15, 0.2) is 11.0 Å². The fourth-order valence-electron chi connectivity index (χ4n) is 3.04. The molecule has 0 aliphatic carbocycles. The van der Waals surface area contributed by atoms with E-state index in [4.69, 9.17) is 11.6 Å². The van der Waals surface area contributed by atoms with Gasteiger partial charge in [-0.1, -0.05) is 61.5 Å². The molecule has 3 aromatic rings. The number of amides is 1. The molecule has 0 saturated heterocycles. The van der Waals surface area contributed by atoms with Gasteiger partial charge in [-0.05, 0) is 48.7 Å². The van der Waals surface area contributed by atoms with E-state index in [0.717, 1.165) is 16.8 Å². The lowest BCUT2D eigenvalue weighted by Crippen LogP contribution is -2.23. The van der Waals surface area contributed by atoms with E-state index < -0.39 is 0 Å². The zero-order valence-corrected chi connectivity index (χ0v) is 18.9. The third-order valence-electron chi connectivity index (χ3n) is 4.62. The van der Waals surface area contributed by atoms with Gasteiger partial charge in [0.25, 0.3) is 0 Å². The zero-order chi connectivity index (χ0) is 21.7. The highest BCUT2D eigenvalue weighted by Crippen LogP contribution is 2.29. The third-order valence-corrected chi connectivity index (χ3v) is 5.96. The SMILES string of the molecule is C=CCn1c(SC(C)C(=O)Nc2ccccc2C(C)C)nnc1-c1ccc(Cl)cc1. The Balaban J connectivity index is 1.79. The van der Waals surface area contributed by atoms with E-state index in [9.17, 15) is 4.79 Å². The number of hydrogen-bond donors (Lipinski definition) is 1. The van der Waals surface area contributed by atoms with Crippen LogP contribution in [0, 0.1) is 0 Å². The highest BCUT2D eigenvalue weighted by atomic mass is 35.5. The fraction of sp³-hybridized carbons (Fsp3) is 0.261. The van der Waals surface area contributed by atoms with E-state index in [1.807, 2.05) is 60.0 Å². The van der Waals surface area contributed by atoms with Gasteiger partial charge in [0, 0.05) is 22.8 Å². The van der Waals surface area contributed by atoms with Crippen molar-refractivity contribution in [3.05, 3.63) is 71.8 Å². The van der Waals surface area contributed by atoms with Crippen LogP contribution in [0.2, 0.25) is 5.02 Å². The van der Waals surface area contributed by atoms with Crippen molar-refractivity contribution in [3.63, 3.8) is 0 Å². The Morgan fingerprint density at radius 3 is 2.53 bits per heavy atom. The van der Waals surface area contributed by atoms with Crippen LogP contribution in [0.3, 0.4) is 0 Å². The molecule has 30 heavy (non-hydrogen) atoms. The van der Waals surface area contributed by atoms with Gasteiger partial charge in [0.2, 0.25) is 5.91 Å². The summed E-state index contributed by atoms with van der Waals surface area (Å²) in [5.74, 6) is 0.961. The molecular weight excluding hydrogens is 416 g/mol. The summed E-state index contributed by atoms with van der Waals surface area (Å²) in [5, 5.41) is 12.7. The molecule has 3 rings (SSSR count). The van der Waals surface area contributed by atoms with Crippen molar-refractivity contribution in [1.29, 1.82) is 0 Å². The summed E-state index contributed by atoms with van der Waals surface area (Å²) in [5.41, 5.74) is 2.87. The Bertz CT molecular complexity index is 1030. The molecule has 0 aliphatic heterocycles. The molecule has 5 nitrogen and oxygen atoms in total. The summed E-state index contributed by atoms with van der Waals surface area (Å²) in [6.07, 6.45) is 1.79. The standard InChI is InChI=1S/C23H25ClN4OS/c1-5-14-28-21(17-10-12-18(24)13-11-17)26-27-23(28)30-16(4)22(29)25-20-9-7-6-8-19(20)15(2)3/h5-13,15-16H,1,14H2,2-4H3,(H,25,29). The number of carbonyl (C=O) groups is 1. The molecule has 1 unspecified atom stereocenters. The topological polar surface area (TPSA) is 59.8 Å². The molecule has 1 heterocycles. The first kappa shape index (κ1) is 22.1. The van der Waals surface area contributed by atoms with Crippen LogP contribution in [-0.2, 0) is 11.3 Å². The summed E-state index contributed by atoms with van der Waals surface area (Å²) in [6, 6.07) is 15.3. The molecule has 0 spiro atoms. The van der Waals surface area contributed by atoms with Gasteiger partial charge in [-0.15, -0.1) is 16.8 Å². The minimum absolute atomic E-state index is 0.0747. The number of thioether (sulfide) groups is 1. The molecule has 7 heteroatoms. The number of rotatable bonds is 8. The number of para-hydroxylation sites is 1. The van der Waals surface area contributed by atoms with Crippen LogP contribution in [-0.4, -0.2) is 25.9 Å². The quantitative estimate of drug-likeness (QED) is 0.343. The molecule has 0 saturated carbocycles. The van der Waals surface area contributed by atoms with Crippen molar-refractivity contribution >= 4 is 35.0 Å². The van der Waals surface area contributed by atoms with E-state index in [1.165, 1.54) is 11.8 Å². The Morgan fingerprint density at radius 2 is 1.87 bits per heavy atom. The molecule has 0 aliphatic rings. The average molecular weight is 441 g/mol. The molecule has 2 aromatic carbocycles. The van der Waals surface area contributed by atoms with Crippen LogP contribution in [0.25, 0.3) is 11.4 Å². The molecule has 1 N–H and O–H groups in total. The largest absolute Gasteiger partial charge is 0.325 e. The summed E-state index contributed by atoms with van der Waals surface area (Å²) in [4.78, 5) is 12.9. The number of benzene rings is 2. The number of hydrogen-bond acceptors (Lipinski definition) is 4. The molecule has 1 atom stereocenters. The Kier molecular flexibility index (Phi) is 7.34. The fourth-order valence-corrected chi connectivity index (χ4v) is 4.03. The van der Waals surface area contributed by atoms with Gasteiger partial charge in [-0.2, -0.15) is 0 Å². The van der Waals surface area contributed by atoms with Crippen LogP contribution < -0.4 is 5.32 Å². The normalized spacial score (nSPS) is 12.0. The Morgan fingerprint density at radius 1 is 1.17 bits per heavy atom. The van der Waals surface area contributed by atoms with Crippen LogP contribution in [0.4, 0.5) is 5.69 Å². The second-order valence-electron chi connectivity index (χ2n) is 7.20. The number of carbonyl (C=O) groups excluding carboxylic acids is 1. The van der Waals surface area contributed by atoms with Gasteiger partial charge in [0.05, 0.1) is 5.25 Å². The molecule has 0 radical (unpaired) electrons. The van der Waals surface area contributed by atoms with E-state index in [0.29, 0.717) is 28.5 Å². The molecule has 1 aromatic heterocycles. The Labute approximate surface area is 186 Å². The first-order valence-electron chi connectivity index (χ1n) is 9.77. The number of nitrogens with zero attached hydrogens (tertiary/aromatic N) is 3. The lowest BCUT2D eigenvalue weighted by Gasteiger charge is -2.16. The lowest BCUT2D eigenvalue weighted by molar-refractivity contribution is -0.115. The second kappa shape index (κ2) is 9.96. The van der Waals surface area contributed by atoms with Gasteiger partial charge in [-0.3, -0.25) is 9.36 Å². The number of aromatic nitrogens is 3. The second-order valence-corrected chi connectivity index (χ2v) is 8.95. The van der Waals surface area contributed by atoms with Gasteiger partial charge >= 0.3 is 0 Å². The number of anilines is 1. The number of allylic oxidation sites excluding steroid dienone is 1. The lowest BCUT2D eigenvalue weighted by atomic mass is 10.0. The molecular formula is C23H25ClN4OS. The minimum atomic E-state index is -0.351. The van der Waals surface area contributed by atoms with Crippen LogP contribution in [0.1, 0.15) is 32.3 Å². The summed E-state index contributed by atoms with van der Waals surface area (Å²) >= 11 is 7.37. The van der Waals surface area contributed by atoms with Crippen molar-refractivity contribution in [2.75, 3.05) is 5.32 Å². The minimum Gasteiger partial charge on any atom is -0.325 e. The monoisotopic (exact) mass is 440 g/mol. The van der Waals surface area contributed by atoms with Crippen molar-refractivity contribution in [2.24, 2.45) is 0 Å². The predicted molar refractivity (Wildman–Crippen MR) is 125 cm³/mol. The van der Waals surface area contributed by atoms with Crippen LogP contribution in [0.5, 0.6) is 0 Å². The third kappa shape index (κ3) is 5.12. The highest BCUT2D eigenvalue weighted by molar-refractivity contribution is 8.00. The van der Waals surface area contributed by atoms with E-state index in [-0.39, 0.29) is 11.2 Å². The first-order valence-corrected chi connectivity index (χ1v) is 11.0. The number of nitrogens with one attached hydrogen (secondary N) is 1. The Hall–Kier alpha value is -2.57. The van der Waals surface area contributed by atoms with Gasteiger partial charge in [-0.25, -0.2) is 0 Å². The summed E-state index contributed by atoms with van der Waals surface area (Å²) in [6.45, 7) is 10.5. The molecule has 0 bridgehead atoms. The van der Waals surface area contributed by atoms with Crippen LogP contribution in [0.15, 0.2) is 66.3 Å². The smallest absolute Gasteiger partial charge is 0.237 e. The number of halogens is 1. The summed E-state index contributed by atoms with van der Waals surface area (Å²) in [7, 11) is 0.